The van der Waals surface area contributed by atoms with Gasteiger partial charge in [0, 0.05) is 47.4 Å². The van der Waals surface area contributed by atoms with Gasteiger partial charge in [0.1, 0.15) is 0 Å². The summed E-state index contributed by atoms with van der Waals surface area (Å²) in [6, 6.07) is 14.8. The summed E-state index contributed by atoms with van der Waals surface area (Å²) in [7, 11) is 2.01. The summed E-state index contributed by atoms with van der Waals surface area (Å²) in [4.78, 5) is 2.03. The summed E-state index contributed by atoms with van der Waals surface area (Å²) < 4.78 is 0. The van der Waals surface area contributed by atoms with E-state index in [1.807, 2.05) is 24.2 Å². The third kappa shape index (κ3) is 3.68. The third-order valence-corrected chi connectivity index (χ3v) is 6.13. The topological polar surface area (TPSA) is 15.3 Å². The second-order valence-corrected chi connectivity index (χ2v) is 7.99. The van der Waals surface area contributed by atoms with Crippen molar-refractivity contribution in [1.82, 2.24) is 10.2 Å². The molecule has 0 bridgehead atoms. The minimum Gasteiger partial charge on any atom is -0.363 e. The quantitative estimate of drug-likeness (QED) is 0.605. The Balaban J connectivity index is 1.65. The van der Waals surface area contributed by atoms with Gasteiger partial charge in [-0.25, -0.2) is 0 Å². The van der Waals surface area contributed by atoms with Gasteiger partial charge in [0.25, 0.3) is 0 Å². The Labute approximate surface area is 178 Å². The molecule has 2 aromatic rings. The molecule has 1 atom stereocenters. The van der Waals surface area contributed by atoms with E-state index in [9.17, 15) is 0 Å². The van der Waals surface area contributed by atoms with E-state index in [-0.39, 0.29) is 5.92 Å². The van der Waals surface area contributed by atoms with E-state index in [1.165, 1.54) is 0 Å². The van der Waals surface area contributed by atoms with Crippen molar-refractivity contribution in [1.29, 1.82) is 0 Å². The monoisotopic (exact) mass is 400 g/mol. The van der Waals surface area contributed by atoms with Gasteiger partial charge in [0.05, 0.1) is 5.02 Å². The molecule has 2 aliphatic heterocycles. The number of nitrogens with one attached hydrogen (secondary N) is 1. The van der Waals surface area contributed by atoms with Crippen LogP contribution in [0.15, 0.2) is 97.6 Å². The first-order valence-electron chi connectivity index (χ1n) is 9.79. The zero-order chi connectivity index (χ0) is 20.5. The van der Waals surface area contributed by atoms with Crippen molar-refractivity contribution in [2.75, 3.05) is 7.05 Å². The molecule has 3 heteroatoms. The Morgan fingerprint density at radius 3 is 2.48 bits per heavy atom. The second kappa shape index (κ2) is 7.81. The fraction of sp³-hybridized carbons (Fsp3) is 0.154. The van der Waals surface area contributed by atoms with Crippen LogP contribution >= 0.6 is 11.6 Å². The predicted octanol–water partition coefficient (Wildman–Crippen LogP) is 6.86. The van der Waals surface area contributed by atoms with Gasteiger partial charge in [-0.1, -0.05) is 79.9 Å². The van der Waals surface area contributed by atoms with Gasteiger partial charge in [0.15, 0.2) is 0 Å². The molecule has 0 saturated carbocycles. The molecule has 4 rings (SSSR count). The molecule has 0 spiro atoms. The standard InChI is InChI=1S/C26H25ClN2/c1-17-10-15-22(18(2)28-17)25-8-5-7-24(26(25)27)21-13-11-20(12-14-21)23-9-6-16-29(4)19(23)3/h5-9,11-14,16,22,28H,1-3,10,15H2,4H3. The number of likely N-dealkylation sites (N-methyl/N-ethyl adjacent to an activating group) is 1. The molecule has 0 amide bonds. The first-order chi connectivity index (χ1) is 14.0. The molecule has 0 radical (unpaired) electrons. The molecule has 1 N–H and O–H groups in total. The Morgan fingerprint density at radius 2 is 1.76 bits per heavy atom. The van der Waals surface area contributed by atoms with E-state index in [4.69, 9.17) is 11.6 Å². The molecule has 1 fully saturated rings. The second-order valence-electron chi connectivity index (χ2n) is 7.61. The smallest absolute Gasteiger partial charge is 0.0523 e. The van der Waals surface area contributed by atoms with E-state index in [1.54, 1.807) is 0 Å². The Bertz CT molecular complexity index is 1060. The van der Waals surface area contributed by atoms with Crippen molar-refractivity contribution in [2.24, 2.45) is 0 Å². The first-order valence-corrected chi connectivity index (χ1v) is 10.2. The van der Waals surface area contributed by atoms with Crippen molar-refractivity contribution in [2.45, 2.75) is 18.8 Å². The molecular formula is C26H25ClN2. The molecule has 29 heavy (non-hydrogen) atoms. The number of hydrogen-bond acceptors (Lipinski definition) is 2. The zero-order valence-corrected chi connectivity index (χ0v) is 17.5. The molecule has 2 heterocycles. The van der Waals surface area contributed by atoms with E-state index in [2.05, 4.69) is 73.6 Å². The Kier molecular flexibility index (Phi) is 5.21. The number of hydrogen-bond donors (Lipinski definition) is 1. The van der Waals surface area contributed by atoms with Crippen LogP contribution < -0.4 is 5.32 Å². The summed E-state index contributed by atoms with van der Waals surface area (Å²) in [6.45, 7) is 12.4. The highest BCUT2D eigenvalue weighted by Crippen LogP contribution is 2.40. The van der Waals surface area contributed by atoms with E-state index in [0.717, 1.165) is 62.8 Å². The highest BCUT2D eigenvalue weighted by atomic mass is 35.5. The van der Waals surface area contributed by atoms with Crippen molar-refractivity contribution >= 4 is 17.2 Å². The number of benzene rings is 2. The minimum absolute atomic E-state index is 0.199. The maximum Gasteiger partial charge on any atom is 0.0523 e. The lowest BCUT2D eigenvalue weighted by molar-refractivity contribution is 0.592. The van der Waals surface area contributed by atoms with Crippen LogP contribution in [0, 0.1) is 0 Å². The molecule has 0 aromatic heterocycles. The molecule has 146 valence electrons. The predicted molar refractivity (Wildman–Crippen MR) is 124 cm³/mol. The van der Waals surface area contributed by atoms with Crippen LogP contribution in [0.1, 0.15) is 29.9 Å². The molecule has 2 aromatic carbocycles. The van der Waals surface area contributed by atoms with Gasteiger partial charge in [-0.3, -0.25) is 0 Å². The lowest BCUT2D eigenvalue weighted by Crippen LogP contribution is -2.23. The third-order valence-electron chi connectivity index (χ3n) is 5.71. The Morgan fingerprint density at radius 1 is 1.03 bits per heavy atom. The number of piperidine rings is 1. The van der Waals surface area contributed by atoms with Crippen LogP contribution in [0.25, 0.3) is 16.7 Å². The van der Waals surface area contributed by atoms with Crippen molar-refractivity contribution in [3.05, 3.63) is 114 Å². The average molecular weight is 401 g/mol. The van der Waals surface area contributed by atoms with Gasteiger partial charge in [0.2, 0.25) is 0 Å². The minimum atomic E-state index is 0.199. The molecule has 2 aliphatic rings. The van der Waals surface area contributed by atoms with E-state index < -0.39 is 0 Å². The van der Waals surface area contributed by atoms with Crippen molar-refractivity contribution in [3.8, 4) is 11.1 Å². The van der Waals surface area contributed by atoms with Crippen molar-refractivity contribution in [3.63, 3.8) is 0 Å². The van der Waals surface area contributed by atoms with E-state index >= 15 is 0 Å². The number of allylic oxidation sites excluding steroid dienone is 5. The fourth-order valence-corrected chi connectivity index (χ4v) is 4.36. The molecule has 2 nitrogen and oxygen atoms in total. The highest BCUT2D eigenvalue weighted by Gasteiger charge is 2.24. The van der Waals surface area contributed by atoms with Gasteiger partial charge in [-0.15, -0.1) is 0 Å². The van der Waals surface area contributed by atoms with E-state index in [0.29, 0.717) is 0 Å². The average Bonchev–Trinajstić information content (AvgIpc) is 2.71. The fourth-order valence-electron chi connectivity index (χ4n) is 3.99. The number of halogens is 1. The number of rotatable bonds is 3. The largest absolute Gasteiger partial charge is 0.363 e. The van der Waals surface area contributed by atoms with Gasteiger partial charge in [-0.2, -0.15) is 0 Å². The van der Waals surface area contributed by atoms with Crippen LogP contribution in [-0.2, 0) is 0 Å². The van der Waals surface area contributed by atoms with Crippen LogP contribution in [0.5, 0.6) is 0 Å². The lowest BCUT2D eigenvalue weighted by Gasteiger charge is -2.29. The summed E-state index contributed by atoms with van der Waals surface area (Å²) in [5.74, 6) is 0.199. The first kappa shape index (κ1) is 19.4. The van der Waals surface area contributed by atoms with Crippen LogP contribution in [0.3, 0.4) is 0 Å². The van der Waals surface area contributed by atoms with Crippen LogP contribution in [0.2, 0.25) is 5.02 Å². The van der Waals surface area contributed by atoms with Crippen molar-refractivity contribution < 1.29 is 0 Å². The maximum atomic E-state index is 6.88. The summed E-state index contributed by atoms with van der Waals surface area (Å²) in [5.41, 5.74) is 8.52. The van der Waals surface area contributed by atoms with Crippen LogP contribution in [0.4, 0.5) is 0 Å². The summed E-state index contributed by atoms with van der Waals surface area (Å²) in [5, 5.41) is 4.09. The lowest BCUT2D eigenvalue weighted by atomic mass is 9.86. The molecule has 0 aliphatic carbocycles. The molecule has 1 saturated heterocycles. The van der Waals surface area contributed by atoms with Gasteiger partial charge >= 0.3 is 0 Å². The SMILES string of the molecule is C=C1CCC(c2cccc(-c3ccc(C4=CC=CN(C)C4=C)cc3)c2Cl)C(=C)N1. The van der Waals surface area contributed by atoms with Gasteiger partial charge in [-0.05, 0) is 35.6 Å². The summed E-state index contributed by atoms with van der Waals surface area (Å²) in [6.07, 6.45) is 8.05. The molecule has 1 unspecified atom stereocenters. The van der Waals surface area contributed by atoms with Gasteiger partial charge < -0.3 is 10.2 Å². The van der Waals surface area contributed by atoms with Crippen LogP contribution in [-0.4, -0.2) is 11.9 Å². The Hall–Kier alpha value is -2.97. The maximum absolute atomic E-state index is 6.88. The highest BCUT2D eigenvalue weighted by molar-refractivity contribution is 6.34. The molecular weight excluding hydrogens is 376 g/mol. The summed E-state index contributed by atoms with van der Waals surface area (Å²) >= 11 is 6.88. The number of nitrogens with zero attached hydrogens (tertiary/aromatic N) is 1. The normalized spacial score (nSPS) is 19.2. The zero-order valence-electron chi connectivity index (χ0n) is 16.7.